The highest BCUT2D eigenvalue weighted by molar-refractivity contribution is 5.98. The third kappa shape index (κ3) is 6.04. The molecular formula is C36H37N3O4. The number of aliphatic hydroxyl groups excluding tert-OH is 4. The van der Waals surface area contributed by atoms with Gasteiger partial charge >= 0.3 is 0 Å². The molecule has 0 heterocycles. The minimum absolute atomic E-state index is 0.0249. The first kappa shape index (κ1) is 29.6. The van der Waals surface area contributed by atoms with Crippen LogP contribution in [-0.4, -0.2) is 32.4 Å². The number of aliphatic hydroxyl groups is 4. The number of hydrogen-bond acceptors (Lipinski definition) is 6. The van der Waals surface area contributed by atoms with E-state index in [2.05, 4.69) is 36.3 Å². The number of benzene rings is 3. The summed E-state index contributed by atoms with van der Waals surface area (Å²) in [7, 11) is 0. The molecule has 2 aliphatic carbocycles. The standard InChI is InChI=1S/C36H37N3O4/c1-21-26(16-10-18-28(21)32-30(40)20-31(41)33(42)34(32)43)27-17-11-19-29(22(27)2)35(37)39-36(25-14-8-5-9-15-25)38-23(3)24-12-6-4-7-13-24/h4-20,23,26,30,32,36,38,40-43H,1H2,2-3H3,(H2,37,39). The monoisotopic (exact) mass is 575 g/mol. The maximum atomic E-state index is 10.6. The van der Waals surface area contributed by atoms with Gasteiger partial charge in [0.2, 0.25) is 0 Å². The highest BCUT2D eigenvalue weighted by Crippen LogP contribution is 2.42. The van der Waals surface area contributed by atoms with E-state index in [4.69, 9.17) is 5.41 Å². The van der Waals surface area contributed by atoms with Crippen molar-refractivity contribution < 1.29 is 20.4 Å². The molecule has 0 saturated carbocycles. The molecule has 0 amide bonds. The lowest BCUT2D eigenvalue weighted by Gasteiger charge is -2.32. The highest BCUT2D eigenvalue weighted by atomic mass is 16.3. The summed E-state index contributed by atoms with van der Waals surface area (Å²) >= 11 is 0. The van der Waals surface area contributed by atoms with Crippen molar-refractivity contribution in [3.63, 3.8) is 0 Å². The van der Waals surface area contributed by atoms with Crippen LogP contribution in [0.25, 0.3) is 0 Å². The maximum Gasteiger partial charge on any atom is 0.196 e. The van der Waals surface area contributed by atoms with Gasteiger partial charge in [0.25, 0.3) is 0 Å². The second-order valence-electron chi connectivity index (χ2n) is 10.9. The summed E-state index contributed by atoms with van der Waals surface area (Å²) in [6, 6.07) is 26.0. The van der Waals surface area contributed by atoms with E-state index in [1.54, 1.807) is 6.08 Å². The first-order valence-electron chi connectivity index (χ1n) is 14.3. The first-order valence-corrected chi connectivity index (χ1v) is 14.3. The third-order valence-electron chi connectivity index (χ3n) is 8.23. The molecular weight excluding hydrogens is 538 g/mol. The molecule has 0 spiro atoms. The zero-order chi connectivity index (χ0) is 30.7. The van der Waals surface area contributed by atoms with Gasteiger partial charge in [-0.3, -0.25) is 10.7 Å². The summed E-state index contributed by atoms with van der Waals surface area (Å²) < 4.78 is 0. The predicted octanol–water partition coefficient (Wildman–Crippen LogP) is 6.86. The lowest BCUT2D eigenvalue weighted by Crippen LogP contribution is -2.39. The van der Waals surface area contributed by atoms with Crippen LogP contribution in [0.2, 0.25) is 0 Å². The van der Waals surface area contributed by atoms with Crippen LogP contribution in [0.5, 0.6) is 0 Å². The fourth-order valence-electron chi connectivity index (χ4n) is 5.81. The molecule has 5 rings (SSSR count). The highest BCUT2D eigenvalue weighted by Gasteiger charge is 2.37. The van der Waals surface area contributed by atoms with E-state index in [0.29, 0.717) is 11.1 Å². The maximum absolute atomic E-state index is 10.6. The van der Waals surface area contributed by atoms with Gasteiger partial charge in [-0.2, -0.15) is 0 Å². The molecule has 7 nitrogen and oxygen atoms in total. The average molecular weight is 576 g/mol. The van der Waals surface area contributed by atoms with Crippen molar-refractivity contribution in [1.29, 1.82) is 5.41 Å². The van der Waals surface area contributed by atoms with Crippen molar-refractivity contribution in [2.45, 2.75) is 38.1 Å². The Hall–Kier alpha value is -4.85. The van der Waals surface area contributed by atoms with Crippen molar-refractivity contribution in [1.82, 2.24) is 10.6 Å². The Morgan fingerprint density at radius 2 is 1.56 bits per heavy atom. The largest absolute Gasteiger partial charge is 0.508 e. The van der Waals surface area contributed by atoms with Crippen LogP contribution in [0, 0.1) is 18.3 Å². The van der Waals surface area contributed by atoms with Gasteiger partial charge < -0.3 is 25.7 Å². The molecule has 43 heavy (non-hydrogen) atoms. The van der Waals surface area contributed by atoms with Gasteiger partial charge in [0.1, 0.15) is 17.8 Å². The summed E-state index contributed by atoms with van der Waals surface area (Å²) in [5.41, 5.74) is 5.89. The Morgan fingerprint density at radius 1 is 0.907 bits per heavy atom. The van der Waals surface area contributed by atoms with Crippen LogP contribution in [0.4, 0.5) is 0 Å². The molecule has 0 fully saturated rings. The van der Waals surface area contributed by atoms with Gasteiger partial charge in [-0.1, -0.05) is 104 Å². The molecule has 0 radical (unpaired) electrons. The van der Waals surface area contributed by atoms with Crippen LogP contribution in [0.15, 0.2) is 138 Å². The number of rotatable bonds is 8. The van der Waals surface area contributed by atoms with Crippen LogP contribution < -0.4 is 10.6 Å². The van der Waals surface area contributed by atoms with E-state index in [0.717, 1.165) is 33.9 Å². The lowest BCUT2D eigenvalue weighted by molar-refractivity contribution is 0.133. The van der Waals surface area contributed by atoms with E-state index in [-0.39, 0.29) is 24.0 Å². The number of allylic oxidation sites excluding steroid dienone is 4. The van der Waals surface area contributed by atoms with E-state index in [9.17, 15) is 20.4 Å². The molecule has 220 valence electrons. The molecule has 7 N–H and O–H groups in total. The second kappa shape index (κ2) is 12.6. The number of amidine groups is 1. The zero-order valence-electron chi connectivity index (χ0n) is 24.2. The fraction of sp³-hybridized carbons (Fsp3) is 0.194. The van der Waals surface area contributed by atoms with Crippen molar-refractivity contribution in [2.75, 3.05) is 0 Å². The summed E-state index contributed by atoms with van der Waals surface area (Å²) in [4.78, 5) is 0. The molecule has 3 aromatic carbocycles. The van der Waals surface area contributed by atoms with Gasteiger partial charge in [-0.05, 0) is 53.3 Å². The predicted molar refractivity (Wildman–Crippen MR) is 170 cm³/mol. The zero-order valence-corrected chi connectivity index (χ0v) is 24.2. The Morgan fingerprint density at radius 3 is 2.23 bits per heavy atom. The lowest BCUT2D eigenvalue weighted by atomic mass is 9.74. The van der Waals surface area contributed by atoms with Crippen molar-refractivity contribution in [3.8, 4) is 0 Å². The fourth-order valence-corrected chi connectivity index (χ4v) is 5.81. The quantitative estimate of drug-likeness (QED) is 0.0893. The summed E-state index contributed by atoms with van der Waals surface area (Å²) in [6.07, 6.45) is 5.10. The third-order valence-corrected chi connectivity index (χ3v) is 8.23. The van der Waals surface area contributed by atoms with Crippen molar-refractivity contribution in [2.24, 2.45) is 5.92 Å². The normalized spacial score (nSPS) is 21.6. The van der Waals surface area contributed by atoms with Gasteiger partial charge in [-0.15, -0.1) is 0 Å². The van der Waals surface area contributed by atoms with Crippen LogP contribution in [-0.2, 0) is 0 Å². The molecule has 7 heteroatoms. The summed E-state index contributed by atoms with van der Waals surface area (Å²) in [5, 5.41) is 57.4. The average Bonchev–Trinajstić information content (AvgIpc) is 3.01. The minimum Gasteiger partial charge on any atom is -0.508 e. The summed E-state index contributed by atoms with van der Waals surface area (Å²) in [6.45, 7) is 8.37. The summed E-state index contributed by atoms with van der Waals surface area (Å²) in [5.74, 6) is -2.73. The van der Waals surface area contributed by atoms with Gasteiger partial charge in [-0.25, -0.2) is 0 Å². The number of hydrogen-bond donors (Lipinski definition) is 7. The Bertz CT molecular complexity index is 1640. The smallest absolute Gasteiger partial charge is 0.196 e. The molecule has 5 unspecified atom stereocenters. The van der Waals surface area contributed by atoms with Crippen LogP contribution in [0.1, 0.15) is 52.9 Å². The van der Waals surface area contributed by atoms with E-state index >= 15 is 0 Å². The molecule has 0 bridgehead atoms. The van der Waals surface area contributed by atoms with Crippen molar-refractivity contribution >= 4 is 5.84 Å². The molecule has 0 aliphatic heterocycles. The molecule has 2 aliphatic rings. The SMILES string of the molecule is C=C1C(C2C(O)=C(O)C(O)=CC2O)=CC=CC1c1cccc(C(=N)NC(NC(C)c2ccccc2)c2ccccc2)c1C. The van der Waals surface area contributed by atoms with Gasteiger partial charge in [0.05, 0.1) is 12.0 Å². The van der Waals surface area contributed by atoms with Crippen LogP contribution >= 0.6 is 0 Å². The first-order chi connectivity index (χ1) is 20.7. The number of nitrogens with one attached hydrogen (secondary N) is 3. The second-order valence-corrected chi connectivity index (χ2v) is 10.9. The van der Waals surface area contributed by atoms with Gasteiger partial charge in [0.15, 0.2) is 11.5 Å². The Balaban J connectivity index is 1.40. The van der Waals surface area contributed by atoms with Gasteiger partial charge in [0, 0.05) is 17.5 Å². The van der Waals surface area contributed by atoms with Crippen LogP contribution in [0.3, 0.4) is 0 Å². The molecule has 0 saturated heterocycles. The van der Waals surface area contributed by atoms with E-state index < -0.39 is 29.3 Å². The molecule has 0 aromatic heterocycles. The minimum atomic E-state index is -1.24. The van der Waals surface area contributed by atoms with Crippen molar-refractivity contribution in [3.05, 3.63) is 166 Å². The molecule has 3 aromatic rings. The topological polar surface area (TPSA) is 129 Å². The Kier molecular flexibility index (Phi) is 8.66. The van der Waals surface area contributed by atoms with E-state index in [1.807, 2.05) is 85.8 Å². The Labute approximate surface area is 252 Å². The molecule has 5 atom stereocenters. The van der Waals surface area contributed by atoms with E-state index in [1.165, 1.54) is 0 Å².